The van der Waals surface area contributed by atoms with Gasteiger partial charge in [-0.1, -0.05) is 18.5 Å². The number of hydrogen-bond acceptors (Lipinski definition) is 4. The Labute approximate surface area is 126 Å². The molecule has 0 spiro atoms. The molecule has 0 saturated carbocycles. The van der Waals surface area contributed by atoms with Crippen molar-refractivity contribution in [3.8, 4) is 11.5 Å². The van der Waals surface area contributed by atoms with Gasteiger partial charge in [-0.3, -0.25) is 0 Å². The Bertz CT molecular complexity index is 452. The molecule has 2 rings (SSSR count). The Morgan fingerprint density at radius 2 is 2.05 bits per heavy atom. The largest absolute Gasteiger partial charge is 0.495 e. The minimum absolute atomic E-state index is 0.527. The molecule has 1 unspecified atom stereocenters. The molecule has 0 radical (unpaired) electrons. The average Bonchev–Trinajstić information content (AvgIpc) is 2.47. The lowest BCUT2D eigenvalue weighted by molar-refractivity contribution is 0.389. The van der Waals surface area contributed by atoms with Gasteiger partial charge in [0.25, 0.3) is 0 Å². The maximum Gasteiger partial charge on any atom is 0.145 e. The monoisotopic (exact) mass is 298 g/mol. The van der Waals surface area contributed by atoms with Crippen LogP contribution < -0.4 is 19.7 Å². The standard InChI is InChI=1S/C15H23ClN2O2/c1-4-17-11-6-5-7-18(10-11)13-8-12(16)14(19-2)9-15(13)20-3/h8-9,11,17H,4-7,10H2,1-3H3. The Kier molecular flexibility index (Phi) is 5.38. The lowest BCUT2D eigenvalue weighted by atomic mass is 10.0. The van der Waals surface area contributed by atoms with Crippen LogP contribution in [0.25, 0.3) is 0 Å². The van der Waals surface area contributed by atoms with Crippen molar-refractivity contribution in [3.05, 3.63) is 17.2 Å². The lowest BCUT2D eigenvalue weighted by Gasteiger charge is -2.35. The van der Waals surface area contributed by atoms with Crippen molar-refractivity contribution in [2.45, 2.75) is 25.8 Å². The highest BCUT2D eigenvalue weighted by atomic mass is 35.5. The van der Waals surface area contributed by atoms with Gasteiger partial charge in [-0.25, -0.2) is 0 Å². The summed E-state index contributed by atoms with van der Waals surface area (Å²) >= 11 is 6.25. The average molecular weight is 299 g/mol. The van der Waals surface area contributed by atoms with Gasteiger partial charge in [0.15, 0.2) is 0 Å². The van der Waals surface area contributed by atoms with Crippen LogP contribution in [0, 0.1) is 0 Å². The van der Waals surface area contributed by atoms with E-state index in [0.29, 0.717) is 16.8 Å². The number of halogens is 1. The van der Waals surface area contributed by atoms with Gasteiger partial charge in [-0.2, -0.15) is 0 Å². The molecular formula is C15H23ClN2O2. The quantitative estimate of drug-likeness (QED) is 0.906. The Balaban J connectivity index is 2.24. The smallest absolute Gasteiger partial charge is 0.145 e. The SMILES string of the molecule is CCNC1CCCN(c2cc(Cl)c(OC)cc2OC)C1. The van der Waals surface area contributed by atoms with Crippen molar-refractivity contribution in [3.63, 3.8) is 0 Å². The van der Waals surface area contributed by atoms with E-state index >= 15 is 0 Å². The van der Waals surface area contributed by atoms with Gasteiger partial charge in [0.05, 0.1) is 24.9 Å². The Morgan fingerprint density at radius 3 is 2.70 bits per heavy atom. The second-order valence-electron chi connectivity index (χ2n) is 5.00. The molecule has 0 aliphatic carbocycles. The topological polar surface area (TPSA) is 33.7 Å². The third-order valence-electron chi connectivity index (χ3n) is 3.71. The molecule has 1 heterocycles. The number of piperidine rings is 1. The van der Waals surface area contributed by atoms with Crippen LogP contribution in [0.1, 0.15) is 19.8 Å². The minimum Gasteiger partial charge on any atom is -0.495 e. The molecule has 0 aromatic heterocycles. The zero-order chi connectivity index (χ0) is 14.5. The molecule has 4 nitrogen and oxygen atoms in total. The summed E-state index contributed by atoms with van der Waals surface area (Å²) in [5, 5.41) is 4.14. The molecule has 0 bridgehead atoms. The van der Waals surface area contributed by atoms with Crippen LogP contribution >= 0.6 is 11.6 Å². The molecule has 1 aliphatic heterocycles. The molecule has 1 saturated heterocycles. The van der Waals surface area contributed by atoms with E-state index in [1.807, 2.05) is 12.1 Å². The number of nitrogens with zero attached hydrogens (tertiary/aromatic N) is 1. The van der Waals surface area contributed by atoms with Crippen molar-refractivity contribution in [1.82, 2.24) is 5.32 Å². The van der Waals surface area contributed by atoms with E-state index in [1.165, 1.54) is 12.8 Å². The summed E-state index contributed by atoms with van der Waals surface area (Å²) in [7, 11) is 3.29. The number of anilines is 1. The molecule has 1 N–H and O–H groups in total. The summed E-state index contributed by atoms with van der Waals surface area (Å²) in [5.74, 6) is 1.45. The first-order valence-corrected chi connectivity index (χ1v) is 7.47. The molecule has 1 atom stereocenters. The Morgan fingerprint density at radius 1 is 1.30 bits per heavy atom. The fourth-order valence-corrected chi connectivity index (χ4v) is 2.98. The van der Waals surface area contributed by atoms with E-state index in [4.69, 9.17) is 21.1 Å². The zero-order valence-electron chi connectivity index (χ0n) is 12.4. The molecule has 5 heteroatoms. The van der Waals surface area contributed by atoms with E-state index in [-0.39, 0.29) is 0 Å². The summed E-state index contributed by atoms with van der Waals surface area (Å²) < 4.78 is 10.7. The van der Waals surface area contributed by atoms with Crippen molar-refractivity contribution >= 4 is 17.3 Å². The van der Waals surface area contributed by atoms with Gasteiger partial charge in [-0.15, -0.1) is 0 Å². The number of nitrogens with one attached hydrogen (secondary N) is 1. The number of rotatable bonds is 5. The highest BCUT2D eigenvalue weighted by molar-refractivity contribution is 6.32. The summed E-state index contributed by atoms with van der Waals surface area (Å²) in [6, 6.07) is 4.32. The number of hydrogen-bond donors (Lipinski definition) is 1. The van der Waals surface area contributed by atoms with E-state index in [0.717, 1.165) is 31.1 Å². The molecule has 0 amide bonds. The summed E-state index contributed by atoms with van der Waals surface area (Å²) in [5.41, 5.74) is 1.04. The van der Waals surface area contributed by atoms with E-state index in [9.17, 15) is 0 Å². The van der Waals surface area contributed by atoms with E-state index < -0.39 is 0 Å². The van der Waals surface area contributed by atoms with Gasteiger partial charge in [-0.05, 0) is 25.5 Å². The highest BCUT2D eigenvalue weighted by Gasteiger charge is 2.22. The van der Waals surface area contributed by atoms with Crippen molar-refractivity contribution in [1.29, 1.82) is 0 Å². The van der Waals surface area contributed by atoms with E-state index in [2.05, 4.69) is 17.1 Å². The van der Waals surface area contributed by atoms with Crippen molar-refractivity contribution < 1.29 is 9.47 Å². The zero-order valence-corrected chi connectivity index (χ0v) is 13.2. The van der Waals surface area contributed by atoms with E-state index in [1.54, 1.807) is 14.2 Å². The number of likely N-dealkylation sites (N-methyl/N-ethyl adjacent to an activating group) is 1. The van der Waals surface area contributed by atoms with Crippen LogP contribution in [0.5, 0.6) is 11.5 Å². The lowest BCUT2D eigenvalue weighted by Crippen LogP contribution is -2.45. The molecule has 1 aromatic rings. The number of benzene rings is 1. The van der Waals surface area contributed by atoms with Crippen LogP contribution in [-0.2, 0) is 0 Å². The van der Waals surface area contributed by atoms with Crippen LogP contribution in [-0.4, -0.2) is 39.9 Å². The molecule has 1 fully saturated rings. The first-order valence-electron chi connectivity index (χ1n) is 7.09. The highest BCUT2D eigenvalue weighted by Crippen LogP contribution is 2.38. The molecule has 1 aliphatic rings. The fraction of sp³-hybridized carbons (Fsp3) is 0.600. The summed E-state index contributed by atoms with van der Waals surface area (Å²) in [4.78, 5) is 2.33. The van der Waals surface area contributed by atoms with Gasteiger partial charge in [0, 0.05) is 25.2 Å². The van der Waals surface area contributed by atoms with Crippen LogP contribution in [0.3, 0.4) is 0 Å². The summed E-state index contributed by atoms with van der Waals surface area (Å²) in [6.45, 7) is 5.15. The van der Waals surface area contributed by atoms with Crippen molar-refractivity contribution in [2.75, 3.05) is 38.8 Å². The predicted octanol–water partition coefficient (Wildman–Crippen LogP) is 2.94. The fourth-order valence-electron chi connectivity index (χ4n) is 2.74. The van der Waals surface area contributed by atoms with Gasteiger partial charge in [0.1, 0.15) is 11.5 Å². The Hall–Kier alpha value is -1.13. The van der Waals surface area contributed by atoms with Gasteiger partial charge in [0.2, 0.25) is 0 Å². The third kappa shape index (κ3) is 3.30. The second-order valence-corrected chi connectivity index (χ2v) is 5.41. The molecular weight excluding hydrogens is 276 g/mol. The third-order valence-corrected chi connectivity index (χ3v) is 4.00. The van der Waals surface area contributed by atoms with Crippen LogP contribution in [0.15, 0.2) is 12.1 Å². The summed E-state index contributed by atoms with van der Waals surface area (Å²) in [6.07, 6.45) is 2.39. The minimum atomic E-state index is 0.527. The predicted molar refractivity (Wildman–Crippen MR) is 83.5 cm³/mol. The maximum atomic E-state index is 6.25. The molecule has 20 heavy (non-hydrogen) atoms. The number of ether oxygens (including phenoxy) is 2. The number of methoxy groups -OCH3 is 2. The van der Waals surface area contributed by atoms with Crippen LogP contribution in [0.2, 0.25) is 5.02 Å². The normalized spacial score (nSPS) is 19.0. The first-order chi connectivity index (χ1) is 9.69. The van der Waals surface area contributed by atoms with Crippen molar-refractivity contribution in [2.24, 2.45) is 0 Å². The first kappa shape index (κ1) is 15.3. The maximum absolute atomic E-state index is 6.25. The second kappa shape index (κ2) is 7.04. The molecule has 112 valence electrons. The van der Waals surface area contributed by atoms with Gasteiger partial charge >= 0.3 is 0 Å². The molecule has 1 aromatic carbocycles. The van der Waals surface area contributed by atoms with Gasteiger partial charge < -0.3 is 19.7 Å². The van der Waals surface area contributed by atoms with Crippen LogP contribution in [0.4, 0.5) is 5.69 Å².